The van der Waals surface area contributed by atoms with Gasteiger partial charge in [0.05, 0.1) is 5.60 Å². The Balaban J connectivity index is 1.97. The van der Waals surface area contributed by atoms with Gasteiger partial charge in [0.2, 0.25) is 0 Å². The van der Waals surface area contributed by atoms with Gasteiger partial charge in [0.15, 0.2) is 0 Å². The molecule has 3 nitrogen and oxygen atoms in total. The van der Waals surface area contributed by atoms with Crippen molar-refractivity contribution < 1.29 is 4.84 Å². The van der Waals surface area contributed by atoms with E-state index in [0.29, 0.717) is 0 Å². The van der Waals surface area contributed by atoms with Crippen LogP contribution in [0.5, 0.6) is 0 Å². The van der Waals surface area contributed by atoms with E-state index in [-0.39, 0.29) is 5.60 Å². The Morgan fingerprint density at radius 3 is 1.60 bits per heavy atom. The number of benzene rings is 3. The summed E-state index contributed by atoms with van der Waals surface area (Å²) in [7, 11) is 0. The van der Waals surface area contributed by atoms with Crippen LogP contribution in [0, 0.1) is 0 Å². The maximum absolute atomic E-state index is 5.90. The predicted octanol–water partition coefficient (Wildman–Crippen LogP) is 7.05. The van der Waals surface area contributed by atoms with Gasteiger partial charge in [0.25, 0.3) is 0 Å². The van der Waals surface area contributed by atoms with Crippen LogP contribution in [0.3, 0.4) is 0 Å². The number of hydrogen-bond donors (Lipinski definition) is 0. The minimum atomic E-state index is -0.383. The summed E-state index contributed by atoms with van der Waals surface area (Å²) in [6.07, 6.45) is 3.64. The summed E-state index contributed by atoms with van der Waals surface area (Å²) in [6, 6.07) is 29.1. The summed E-state index contributed by atoms with van der Waals surface area (Å²) < 4.78 is 0. The molecular weight excluding hydrogens is 368 g/mol. The Labute approximate surface area is 178 Å². The molecule has 149 valence electrons. The third-order valence-corrected chi connectivity index (χ3v) is 4.70. The molecule has 0 aliphatic rings. The highest BCUT2D eigenvalue weighted by Crippen LogP contribution is 2.41. The van der Waals surface area contributed by atoms with E-state index in [9.17, 15) is 0 Å². The van der Waals surface area contributed by atoms with Gasteiger partial charge < -0.3 is 0 Å². The van der Waals surface area contributed by atoms with Crippen molar-refractivity contribution in [2.75, 3.05) is 0 Å². The molecule has 0 atom stereocenters. The zero-order valence-corrected chi connectivity index (χ0v) is 17.5. The molecule has 0 fully saturated rings. The minimum absolute atomic E-state index is 0.383. The Hall–Kier alpha value is -3.43. The topological polar surface area (TPSA) is 36.2 Å². The summed E-state index contributed by atoms with van der Waals surface area (Å²) in [5.74, 6) is 0. The Bertz CT molecular complexity index is 1040. The first kappa shape index (κ1) is 19.9. The Morgan fingerprint density at radius 1 is 0.633 bits per heavy atom. The molecule has 0 amide bonds. The van der Waals surface area contributed by atoms with Crippen molar-refractivity contribution in [2.45, 2.75) is 26.4 Å². The molecule has 0 spiro atoms. The summed E-state index contributed by atoms with van der Waals surface area (Å²) in [5, 5.41) is 0. The molecular formula is C27H25N2O. The smallest absolute Gasteiger partial charge is 0.106 e. The second kappa shape index (κ2) is 8.52. The summed E-state index contributed by atoms with van der Waals surface area (Å²) in [4.78, 5) is 10.1. The maximum atomic E-state index is 5.90. The molecule has 0 unspecified atom stereocenters. The summed E-state index contributed by atoms with van der Waals surface area (Å²) in [6.45, 7) is 6.02. The molecule has 4 rings (SSSR count). The molecule has 1 radical (unpaired) electrons. The minimum Gasteiger partial charge on any atom is -0.265 e. The van der Waals surface area contributed by atoms with Crippen molar-refractivity contribution in [2.24, 2.45) is 0 Å². The third kappa shape index (κ3) is 4.58. The monoisotopic (exact) mass is 393 g/mol. The lowest BCUT2D eigenvalue weighted by Crippen LogP contribution is -2.22. The maximum Gasteiger partial charge on any atom is 0.106 e. The molecule has 0 saturated carbocycles. The number of pyridine rings is 1. The van der Waals surface area contributed by atoms with Crippen LogP contribution in [0.15, 0.2) is 97.3 Å². The highest BCUT2D eigenvalue weighted by atomic mass is 16.7. The van der Waals surface area contributed by atoms with E-state index in [2.05, 4.69) is 46.9 Å². The number of hydrogen-bond acceptors (Lipinski definition) is 2. The van der Waals surface area contributed by atoms with Crippen molar-refractivity contribution in [3.8, 4) is 33.4 Å². The molecule has 4 aromatic rings. The van der Waals surface area contributed by atoms with Crippen LogP contribution in [0.1, 0.15) is 20.8 Å². The summed E-state index contributed by atoms with van der Waals surface area (Å²) in [5.41, 5.74) is 11.6. The fraction of sp³-hybridized carbons (Fsp3) is 0.148. The zero-order valence-electron chi connectivity index (χ0n) is 17.5. The molecule has 3 heteroatoms. The van der Waals surface area contributed by atoms with Gasteiger partial charge in [-0.05, 0) is 67.3 Å². The van der Waals surface area contributed by atoms with Crippen LogP contribution in [0.25, 0.3) is 33.4 Å². The number of rotatable bonds is 5. The fourth-order valence-electron chi connectivity index (χ4n) is 3.30. The van der Waals surface area contributed by atoms with Crippen molar-refractivity contribution >= 4 is 5.69 Å². The van der Waals surface area contributed by atoms with E-state index in [1.54, 1.807) is 0 Å². The predicted molar refractivity (Wildman–Crippen MR) is 123 cm³/mol. The van der Waals surface area contributed by atoms with Crippen LogP contribution in [0.2, 0.25) is 0 Å². The van der Waals surface area contributed by atoms with Gasteiger partial charge in [0.1, 0.15) is 5.69 Å². The van der Waals surface area contributed by atoms with Crippen LogP contribution in [-0.4, -0.2) is 10.6 Å². The van der Waals surface area contributed by atoms with Gasteiger partial charge in [-0.25, -0.2) is 4.84 Å². The quantitative estimate of drug-likeness (QED) is 0.341. The van der Waals surface area contributed by atoms with Crippen molar-refractivity contribution in [1.29, 1.82) is 0 Å². The molecule has 0 aliphatic carbocycles. The third-order valence-electron chi connectivity index (χ3n) is 4.70. The second-order valence-electron chi connectivity index (χ2n) is 8.18. The van der Waals surface area contributed by atoms with Gasteiger partial charge in [-0.1, -0.05) is 60.7 Å². The van der Waals surface area contributed by atoms with Gasteiger partial charge in [-0.15, -0.1) is 5.48 Å². The molecule has 30 heavy (non-hydrogen) atoms. The Morgan fingerprint density at radius 2 is 1.13 bits per heavy atom. The van der Waals surface area contributed by atoms with Crippen LogP contribution in [0.4, 0.5) is 5.69 Å². The molecule has 0 bridgehead atoms. The molecule has 0 aliphatic heterocycles. The molecule has 0 N–H and O–H groups in total. The van der Waals surface area contributed by atoms with E-state index in [1.165, 1.54) is 0 Å². The van der Waals surface area contributed by atoms with Crippen LogP contribution in [-0.2, 0) is 4.84 Å². The van der Waals surface area contributed by atoms with E-state index in [0.717, 1.165) is 39.1 Å². The first-order valence-corrected chi connectivity index (χ1v) is 10.1. The van der Waals surface area contributed by atoms with Crippen molar-refractivity contribution in [1.82, 2.24) is 10.5 Å². The van der Waals surface area contributed by atoms with Gasteiger partial charge >= 0.3 is 0 Å². The number of aromatic nitrogens is 1. The first-order valence-electron chi connectivity index (χ1n) is 10.1. The van der Waals surface area contributed by atoms with E-state index < -0.39 is 0 Å². The van der Waals surface area contributed by atoms with Gasteiger partial charge in [0, 0.05) is 23.5 Å². The average Bonchev–Trinajstić information content (AvgIpc) is 2.78. The lowest BCUT2D eigenvalue weighted by molar-refractivity contribution is -0.0541. The molecule has 1 heterocycles. The zero-order chi connectivity index (χ0) is 21.0. The SMILES string of the molecule is CC(C)(C)O[N]c1c(-c2ccccc2)cc(-c2ccncc2)cc1-c1ccccc1. The lowest BCUT2D eigenvalue weighted by atomic mass is 9.91. The van der Waals surface area contributed by atoms with E-state index >= 15 is 0 Å². The normalized spacial score (nSPS) is 11.3. The van der Waals surface area contributed by atoms with Crippen LogP contribution >= 0.6 is 0 Å². The average molecular weight is 394 g/mol. The van der Waals surface area contributed by atoms with E-state index in [4.69, 9.17) is 4.84 Å². The highest BCUT2D eigenvalue weighted by Gasteiger charge is 2.20. The molecule has 0 saturated heterocycles. The van der Waals surface area contributed by atoms with Gasteiger partial charge in [-0.2, -0.15) is 0 Å². The highest BCUT2D eigenvalue weighted by molar-refractivity contribution is 5.92. The molecule has 1 aromatic heterocycles. The largest absolute Gasteiger partial charge is 0.265 e. The first-order chi connectivity index (χ1) is 14.5. The molecule has 3 aromatic carbocycles. The lowest BCUT2D eigenvalue weighted by Gasteiger charge is -2.22. The van der Waals surface area contributed by atoms with Crippen LogP contribution < -0.4 is 5.48 Å². The fourth-order valence-corrected chi connectivity index (χ4v) is 3.30. The van der Waals surface area contributed by atoms with Crippen molar-refractivity contribution in [3.05, 3.63) is 97.3 Å². The van der Waals surface area contributed by atoms with E-state index in [1.807, 2.05) is 81.7 Å². The van der Waals surface area contributed by atoms with Gasteiger partial charge in [-0.3, -0.25) is 4.98 Å². The standard InChI is InChI=1S/C27H25N2O/c1-27(2,3)30-29-26-24(21-10-6-4-7-11-21)18-23(20-14-16-28-17-15-20)19-25(26)22-12-8-5-9-13-22/h4-19H,1-3H3. The van der Waals surface area contributed by atoms with Crippen molar-refractivity contribution in [3.63, 3.8) is 0 Å². The Kier molecular flexibility index (Phi) is 5.64. The summed E-state index contributed by atoms with van der Waals surface area (Å²) >= 11 is 0. The number of nitrogens with zero attached hydrogens (tertiary/aromatic N) is 2. The second-order valence-corrected chi connectivity index (χ2v) is 8.18.